The van der Waals surface area contributed by atoms with E-state index in [0.717, 1.165) is 49.3 Å². The molecule has 146 valence electrons. The summed E-state index contributed by atoms with van der Waals surface area (Å²) in [6, 6.07) is 13.0. The lowest BCUT2D eigenvalue weighted by molar-refractivity contribution is 0.126. The van der Waals surface area contributed by atoms with Gasteiger partial charge >= 0.3 is 0 Å². The van der Waals surface area contributed by atoms with Gasteiger partial charge < -0.3 is 10.7 Å². The number of rotatable bonds is 7. The minimum absolute atomic E-state index is 0.369. The fraction of sp³-hybridized carbons (Fsp3) is 0.478. The Balaban J connectivity index is 1.47. The Kier molecular flexibility index (Phi) is 4.65. The second-order valence-corrected chi connectivity index (χ2v) is 8.60. The number of hydrogen-bond donors (Lipinski definition) is 2. The van der Waals surface area contributed by atoms with Crippen LogP contribution in [0.4, 0.5) is 0 Å². The average molecular weight is 376 g/mol. The van der Waals surface area contributed by atoms with E-state index in [9.17, 15) is 0 Å². The molecule has 2 aromatic heterocycles. The number of aryl methyl sites for hydroxylation is 1. The van der Waals surface area contributed by atoms with Crippen LogP contribution in [-0.4, -0.2) is 32.9 Å². The Morgan fingerprint density at radius 1 is 1.18 bits per heavy atom. The molecule has 1 atom stereocenters. The van der Waals surface area contributed by atoms with Gasteiger partial charge in [0.1, 0.15) is 5.82 Å². The number of aromatic nitrogens is 3. The number of aromatic amines is 1. The van der Waals surface area contributed by atoms with Crippen molar-refractivity contribution in [1.82, 2.24) is 19.9 Å². The van der Waals surface area contributed by atoms with Gasteiger partial charge in [0.15, 0.2) is 0 Å². The molecule has 0 bridgehead atoms. The van der Waals surface area contributed by atoms with Crippen LogP contribution >= 0.6 is 0 Å². The second kappa shape index (κ2) is 7.30. The lowest BCUT2D eigenvalue weighted by Gasteiger charge is -2.37. The highest BCUT2D eigenvalue weighted by Crippen LogP contribution is 2.50. The number of H-pyrrole nitrogens is 1. The number of benzene rings is 1. The van der Waals surface area contributed by atoms with E-state index in [4.69, 9.17) is 15.7 Å². The maximum Gasteiger partial charge on any atom is 0.121 e. The van der Waals surface area contributed by atoms with Crippen LogP contribution in [-0.2, 0) is 13.0 Å². The van der Waals surface area contributed by atoms with Crippen LogP contribution in [0.2, 0.25) is 0 Å². The van der Waals surface area contributed by atoms with Gasteiger partial charge in [-0.1, -0.05) is 18.2 Å². The van der Waals surface area contributed by atoms with E-state index in [1.807, 2.05) is 12.3 Å². The lowest BCUT2D eigenvalue weighted by atomic mass is 9.89. The van der Waals surface area contributed by atoms with Gasteiger partial charge in [0.25, 0.3) is 0 Å². The minimum atomic E-state index is 0.369. The van der Waals surface area contributed by atoms with Gasteiger partial charge in [0.2, 0.25) is 0 Å². The van der Waals surface area contributed by atoms with Crippen molar-refractivity contribution < 1.29 is 0 Å². The van der Waals surface area contributed by atoms with Crippen molar-refractivity contribution in [3.8, 4) is 0 Å². The number of hydrogen-bond acceptors (Lipinski definition) is 4. The standard InChI is InChI=1S/C23H29N5/c24-13-12-23(10-11-23)16-28(15-21-26-18-7-1-2-8-19(18)27-21)20-9-3-5-17-6-4-14-25-22(17)20/h1-2,4,6-8,14,20H,3,5,9-13,15-16,24H2,(H,26,27). The molecule has 0 radical (unpaired) electrons. The van der Waals surface area contributed by atoms with Gasteiger partial charge in [-0.2, -0.15) is 0 Å². The van der Waals surface area contributed by atoms with Crippen LogP contribution in [0.3, 0.4) is 0 Å². The summed E-state index contributed by atoms with van der Waals surface area (Å²) in [5.74, 6) is 1.05. The fourth-order valence-corrected chi connectivity index (χ4v) is 4.89. The SMILES string of the molecule is NCCC1(CN(Cc2nc3ccccc3[nH]2)C2CCCc3cccnc32)CC1. The minimum Gasteiger partial charge on any atom is -0.341 e. The van der Waals surface area contributed by atoms with Crippen LogP contribution in [0.1, 0.15) is 55.2 Å². The Morgan fingerprint density at radius 3 is 2.89 bits per heavy atom. The Labute approximate surface area is 166 Å². The average Bonchev–Trinajstić information content (AvgIpc) is 3.34. The summed E-state index contributed by atoms with van der Waals surface area (Å²) in [7, 11) is 0. The number of nitrogens with one attached hydrogen (secondary N) is 1. The maximum absolute atomic E-state index is 5.94. The van der Waals surface area contributed by atoms with Crippen LogP contribution in [0, 0.1) is 5.41 Å². The molecule has 1 aromatic carbocycles. The third-order valence-electron chi connectivity index (χ3n) is 6.57. The summed E-state index contributed by atoms with van der Waals surface area (Å²) < 4.78 is 0. The molecule has 28 heavy (non-hydrogen) atoms. The van der Waals surface area contributed by atoms with E-state index in [2.05, 4.69) is 40.2 Å². The van der Waals surface area contributed by atoms with Crippen molar-refractivity contribution in [3.63, 3.8) is 0 Å². The Hall–Kier alpha value is -2.24. The van der Waals surface area contributed by atoms with Gasteiger partial charge in [0, 0.05) is 12.7 Å². The summed E-state index contributed by atoms with van der Waals surface area (Å²) in [5, 5.41) is 0. The van der Waals surface area contributed by atoms with Gasteiger partial charge in [0.05, 0.1) is 29.3 Å². The molecule has 0 spiro atoms. The van der Waals surface area contributed by atoms with E-state index in [-0.39, 0.29) is 0 Å². The first-order valence-electron chi connectivity index (χ1n) is 10.6. The largest absolute Gasteiger partial charge is 0.341 e. The van der Waals surface area contributed by atoms with E-state index >= 15 is 0 Å². The quantitative estimate of drug-likeness (QED) is 0.656. The first-order chi connectivity index (χ1) is 13.8. The molecule has 2 aliphatic rings. The van der Waals surface area contributed by atoms with Gasteiger partial charge in [-0.15, -0.1) is 0 Å². The predicted octanol–water partition coefficient (Wildman–Crippen LogP) is 3.97. The van der Waals surface area contributed by atoms with E-state index in [1.54, 1.807) is 0 Å². The van der Waals surface area contributed by atoms with E-state index < -0.39 is 0 Å². The predicted molar refractivity (Wildman–Crippen MR) is 112 cm³/mol. The number of nitrogens with zero attached hydrogens (tertiary/aromatic N) is 3. The van der Waals surface area contributed by atoms with Crippen molar-refractivity contribution in [2.75, 3.05) is 13.1 Å². The van der Waals surface area contributed by atoms with E-state index in [1.165, 1.54) is 36.9 Å². The number of nitrogens with two attached hydrogens (primary N) is 1. The molecular weight excluding hydrogens is 346 g/mol. The molecule has 5 nitrogen and oxygen atoms in total. The molecule has 2 heterocycles. The molecule has 0 amide bonds. The van der Waals surface area contributed by atoms with Crippen LogP contribution in [0.15, 0.2) is 42.6 Å². The van der Waals surface area contributed by atoms with Crippen molar-refractivity contribution in [1.29, 1.82) is 0 Å². The molecule has 0 saturated heterocycles. The van der Waals surface area contributed by atoms with Gasteiger partial charge in [-0.05, 0) is 74.2 Å². The van der Waals surface area contributed by atoms with Crippen molar-refractivity contribution in [2.45, 2.75) is 51.1 Å². The number of fused-ring (bicyclic) bond motifs is 2. The maximum atomic E-state index is 5.94. The zero-order valence-electron chi connectivity index (χ0n) is 16.4. The molecule has 5 heteroatoms. The molecule has 5 rings (SSSR count). The topological polar surface area (TPSA) is 70.8 Å². The summed E-state index contributed by atoms with van der Waals surface area (Å²) in [6.07, 6.45) is 9.19. The highest BCUT2D eigenvalue weighted by atomic mass is 15.2. The first-order valence-corrected chi connectivity index (χ1v) is 10.6. The van der Waals surface area contributed by atoms with Crippen LogP contribution in [0.5, 0.6) is 0 Å². The molecule has 1 unspecified atom stereocenters. The lowest BCUT2D eigenvalue weighted by Crippen LogP contribution is -2.37. The smallest absolute Gasteiger partial charge is 0.121 e. The molecule has 0 aliphatic heterocycles. The highest BCUT2D eigenvalue weighted by Gasteiger charge is 2.44. The third-order valence-corrected chi connectivity index (χ3v) is 6.57. The monoisotopic (exact) mass is 375 g/mol. The molecule has 1 fully saturated rings. The summed E-state index contributed by atoms with van der Waals surface area (Å²) >= 11 is 0. The summed E-state index contributed by atoms with van der Waals surface area (Å²) in [6.45, 7) is 2.70. The number of pyridine rings is 1. The van der Waals surface area contributed by atoms with E-state index in [0.29, 0.717) is 11.5 Å². The molecule has 2 aliphatic carbocycles. The van der Waals surface area contributed by atoms with Gasteiger partial charge in [-0.3, -0.25) is 9.88 Å². The molecule has 3 aromatic rings. The van der Waals surface area contributed by atoms with Gasteiger partial charge in [-0.25, -0.2) is 4.98 Å². The van der Waals surface area contributed by atoms with Crippen molar-refractivity contribution in [2.24, 2.45) is 11.1 Å². The third kappa shape index (κ3) is 3.45. The Bertz CT molecular complexity index is 925. The number of para-hydroxylation sites is 2. The zero-order chi connectivity index (χ0) is 19.0. The first kappa shape index (κ1) is 17.8. The Morgan fingerprint density at radius 2 is 2.07 bits per heavy atom. The van der Waals surface area contributed by atoms with Crippen molar-refractivity contribution in [3.05, 3.63) is 59.7 Å². The molecular formula is C23H29N5. The fourth-order valence-electron chi connectivity index (χ4n) is 4.89. The summed E-state index contributed by atoms with van der Waals surface area (Å²) in [5.41, 5.74) is 11.2. The van der Waals surface area contributed by atoms with Crippen LogP contribution in [0.25, 0.3) is 11.0 Å². The summed E-state index contributed by atoms with van der Waals surface area (Å²) in [4.78, 5) is 15.8. The normalized spacial score (nSPS) is 20.4. The highest BCUT2D eigenvalue weighted by molar-refractivity contribution is 5.74. The van der Waals surface area contributed by atoms with Crippen molar-refractivity contribution >= 4 is 11.0 Å². The zero-order valence-corrected chi connectivity index (χ0v) is 16.4. The number of imidazole rings is 1. The molecule has 3 N–H and O–H groups in total. The van der Waals surface area contributed by atoms with Crippen LogP contribution < -0.4 is 5.73 Å². The molecule has 1 saturated carbocycles. The second-order valence-electron chi connectivity index (χ2n) is 8.60.